The molecule has 5 nitrogen and oxygen atoms in total. The third-order valence-electron chi connectivity index (χ3n) is 5.11. The number of methoxy groups -OCH3 is 1. The summed E-state index contributed by atoms with van der Waals surface area (Å²) in [5.41, 5.74) is 2.04. The summed E-state index contributed by atoms with van der Waals surface area (Å²) in [6.45, 7) is 5.01. The Morgan fingerprint density at radius 3 is 2.53 bits per heavy atom. The van der Waals surface area contributed by atoms with Crippen molar-refractivity contribution in [2.45, 2.75) is 51.4 Å². The minimum absolute atomic E-state index is 0.0516. The zero-order valence-corrected chi connectivity index (χ0v) is 20.7. The maximum Gasteiger partial charge on any atom is 0.242 e. The van der Waals surface area contributed by atoms with Crippen LogP contribution in [0.3, 0.4) is 0 Å². The second-order valence-electron chi connectivity index (χ2n) is 7.56. The van der Waals surface area contributed by atoms with Crippen LogP contribution in [-0.4, -0.2) is 42.2 Å². The minimum Gasteiger partial charge on any atom is -0.497 e. The normalized spacial score (nSPS) is 11.6. The Morgan fingerprint density at radius 2 is 1.88 bits per heavy atom. The molecule has 0 aliphatic rings. The van der Waals surface area contributed by atoms with Crippen LogP contribution < -0.4 is 10.1 Å². The van der Waals surface area contributed by atoms with E-state index >= 15 is 0 Å². The number of benzene rings is 2. The van der Waals surface area contributed by atoms with E-state index in [0.29, 0.717) is 36.0 Å². The lowest BCUT2D eigenvalue weighted by Gasteiger charge is -2.30. The zero-order valence-electron chi connectivity index (χ0n) is 19.1. The molecule has 32 heavy (non-hydrogen) atoms. The third-order valence-corrected chi connectivity index (χ3v) is 6.35. The van der Waals surface area contributed by atoms with Gasteiger partial charge < -0.3 is 15.0 Å². The average molecular weight is 477 g/mol. The first kappa shape index (κ1) is 26.1. The number of carbonyl (C=O) groups is 2. The molecule has 0 spiro atoms. The van der Waals surface area contributed by atoms with Gasteiger partial charge in [-0.25, -0.2) is 0 Å². The van der Waals surface area contributed by atoms with E-state index in [1.807, 2.05) is 55.5 Å². The lowest BCUT2D eigenvalue weighted by atomic mass is 10.1. The number of carbonyl (C=O) groups excluding carboxylic acids is 2. The lowest BCUT2D eigenvalue weighted by molar-refractivity contribution is -0.139. The molecule has 0 aromatic heterocycles. The van der Waals surface area contributed by atoms with Gasteiger partial charge in [0.2, 0.25) is 11.8 Å². The number of thioether (sulfide) groups is 1. The Morgan fingerprint density at radius 1 is 1.12 bits per heavy atom. The molecule has 0 unspecified atom stereocenters. The molecule has 1 N–H and O–H groups in total. The number of rotatable bonds is 13. The minimum atomic E-state index is -0.512. The largest absolute Gasteiger partial charge is 0.497 e. The van der Waals surface area contributed by atoms with E-state index in [9.17, 15) is 9.59 Å². The van der Waals surface area contributed by atoms with E-state index in [1.165, 1.54) is 11.8 Å². The Hall–Kier alpha value is -2.18. The van der Waals surface area contributed by atoms with E-state index in [2.05, 4.69) is 12.2 Å². The molecule has 2 aromatic carbocycles. The molecule has 0 fully saturated rings. The highest BCUT2D eigenvalue weighted by molar-refractivity contribution is 7.99. The van der Waals surface area contributed by atoms with Crippen LogP contribution >= 0.6 is 23.4 Å². The number of nitrogens with one attached hydrogen (secondary N) is 1. The predicted molar refractivity (Wildman–Crippen MR) is 133 cm³/mol. The van der Waals surface area contributed by atoms with Crippen LogP contribution in [0.1, 0.15) is 44.2 Å². The summed E-state index contributed by atoms with van der Waals surface area (Å²) in [6.07, 6.45) is 2.48. The monoisotopic (exact) mass is 476 g/mol. The molecule has 0 radical (unpaired) electrons. The highest BCUT2D eigenvalue weighted by Gasteiger charge is 2.28. The van der Waals surface area contributed by atoms with Gasteiger partial charge in [-0.2, -0.15) is 0 Å². The number of halogens is 1. The number of hydrogen-bond donors (Lipinski definition) is 1. The maximum atomic E-state index is 13.3. The van der Waals surface area contributed by atoms with E-state index in [-0.39, 0.29) is 11.8 Å². The van der Waals surface area contributed by atoms with Gasteiger partial charge in [-0.3, -0.25) is 9.59 Å². The summed E-state index contributed by atoms with van der Waals surface area (Å²) in [6, 6.07) is 14.7. The molecule has 1 atom stereocenters. The zero-order chi connectivity index (χ0) is 23.3. The van der Waals surface area contributed by atoms with Gasteiger partial charge in [0.05, 0.1) is 12.9 Å². The van der Waals surface area contributed by atoms with E-state index < -0.39 is 6.04 Å². The number of hydrogen-bond acceptors (Lipinski definition) is 4. The topological polar surface area (TPSA) is 58.6 Å². The maximum absolute atomic E-state index is 13.3. The number of nitrogens with zero attached hydrogens (tertiary/aromatic N) is 1. The summed E-state index contributed by atoms with van der Waals surface area (Å²) in [4.78, 5) is 27.8. The van der Waals surface area contributed by atoms with Gasteiger partial charge in [0.25, 0.3) is 0 Å². The van der Waals surface area contributed by atoms with Gasteiger partial charge >= 0.3 is 0 Å². The van der Waals surface area contributed by atoms with E-state index in [1.54, 1.807) is 12.0 Å². The first-order valence-electron chi connectivity index (χ1n) is 11.0. The SMILES string of the molecule is CCCCNC(=O)[C@H](CC)N(Cc1cccc(OC)c1)C(=O)CSCc1ccc(Cl)cc1. The van der Waals surface area contributed by atoms with Crippen molar-refractivity contribution < 1.29 is 14.3 Å². The van der Waals surface area contributed by atoms with Gasteiger partial charge in [0, 0.05) is 23.9 Å². The molecule has 0 aliphatic carbocycles. The van der Waals surface area contributed by atoms with Crippen LogP contribution in [0.15, 0.2) is 48.5 Å². The molecular formula is C25H33ClN2O3S. The van der Waals surface area contributed by atoms with Crippen molar-refractivity contribution >= 4 is 35.2 Å². The van der Waals surface area contributed by atoms with Crippen LogP contribution in [0, 0.1) is 0 Å². The molecule has 2 rings (SSSR count). The highest BCUT2D eigenvalue weighted by atomic mass is 35.5. The second-order valence-corrected chi connectivity index (χ2v) is 8.98. The Balaban J connectivity index is 2.12. The number of ether oxygens (including phenoxy) is 1. The standard InChI is InChI=1S/C25H33ClN2O3S/c1-4-6-14-27-25(30)23(5-2)28(16-20-8-7-9-22(15-20)31-3)24(29)18-32-17-19-10-12-21(26)13-11-19/h7-13,15,23H,4-6,14,16-18H2,1-3H3,(H,27,30)/t23-/m0/s1. The lowest BCUT2D eigenvalue weighted by Crippen LogP contribution is -2.49. The highest BCUT2D eigenvalue weighted by Crippen LogP contribution is 2.20. The quantitative estimate of drug-likeness (QED) is 0.398. The van der Waals surface area contributed by atoms with Gasteiger partial charge in [-0.15, -0.1) is 11.8 Å². The van der Waals surface area contributed by atoms with Crippen LogP contribution in [0.2, 0.25) is 5.02 Å². The Labute approximate surface area is 200 Å². The second kappa shape index (κ2) is 14.1. The summed E-state index contributed by atoms with van der Waals surface area (Å²) in [5, 5.41) is 3.68. The molecule has 2 amide bonds. The first-order valence-corrected chi connectivity index (χ1v) is 12.5. The molecule has 0 bridgehead atoms. The van der Waals surface area contributed by atoms with Crippen LogP contribution in [0.25, 0.3) is 0 Å². The van der Waals surface area contributed by atoms with E-state index in [4.69, 9.17) is 16.3 Å². The van der Waals surface area contributed by atoms with Crippen molar-refractivity contribution in [1.82, 2.24) is 10.2 Å². The van der Waals surface area contributed by atoms with Crippen LogP contribution in [0.5, 0.6) is 5.75 Å². The van der Waals surface area contributed by atoms with Gasteiger partial charge in [0.1, 0.15) is 11.8 Å². The molecule has 174 valence electrons. The van der Waals surface area contributed by atoms with E-state index in [0.717, 1.165) is 29.7 Å². The number of amides is 2. The number of unbranched alkanes of at least 4 members (excludes halogenated alkanes) is 1. The summed E-state index contributed by atoms with van der Waals surface area (Å²) in [7, 11) is 1.62. The van der Waals surface area contributed by atoms with Gasteiger partial charge in [-0.1, -0.05) is 56.1 Å². The van der Waals surface area contributed by atoms with Crippen molar-refractivity contribution in [3.63, 3.8) is 0 Å². The molecule has 0 aliphatic heterocycles. The van der Waals surface area contributed by atoms with Crippen LogP contribution in [-0.2, 0) is 21.9 Å². The molecule has 0 saturated heterocycles. The van der Waals surface area contributed by atoms with Crippen molar-refractivity contribution in [3.05, 3.63) is 64.7 Å². The first-order chi connectivity index (χ1) is 15.5. The molecule has 2 aromatic rings. The average Bonchev–Trinajstić information content (AvgIpc) is 2.80. The van der Waals surface area contributed by atoms with Crippen LogP contribution in [0.4, 0.5) is 0 Å². The summed E-state index contributed by atoms with van der Waals surface area (Å²) < 4.78 is 5.32. The summed E-state index contributed by atoms with van der Waals surface area (Å²) >= 11 is 7.49. The molecular weight excluding hydrogens is 444 g/mol. The summed E-state index contributed by atoms with van der Waals surface area (Å²) in [5.74, 6) is 1.58. The molecule has 7 heteroatoms. The van der Waals surface area contributed by atoms with Crippen molar-refractivity contribution in [1.29, 1.82) is 0 Å². The smallest absolute Gasteiger partial charge is 0.242 e. The fourth-order valence-corrected chi connectivity index (χ4v) is 4.31. The predicted octanol–water partition coefficient (Wildman–Crippen LogP) is 5.31. The molecule has 0 saturated carbocycles. The fraction of sp³-hybridized carbons (Fsp3) is 0.440. The van der Waals surface area contributed by atoms with Gasteiger partial charge in [0.15, 0.2) is 0 Å². The van der Waals surface area contributed by atoms with Crippen molar-refractivity contribution in [2.24, 2.45) is 0 Å². The van der Waals surface area contributed by atoms with Crippen molar-refractivity contribution in [2.75, 3.05) is 19.4 Å². The Kier molecular flexibility index (Phi) is 11.5. The van der Waals surface area contributed by atoms with Gasteiger partial charge in [-0.05, 0) is 48.2 Å². The fourth-order valence-electron chi connectivity index (χ4n) is 3.31. The van der Waals surface area contributed by atoms with Crippen molar-refractivity contribution in [3.8, 4) is 5.75 Å². The Bertz CT molecular complexity index is 861. The third kappa shape index (κ3) is 8.40. The molecule has 0 heterocycles.